The van der Waals surface area contributed by atoms with Crippen molar-refractivity contribution < 1.29 is 9.94 Å². The van der Waals surface area contributed by atoms with Gasteiger partial charge >= 0.3 is 0 Å². The first-order chi connectivity index (χ1) is 14.9. The molecule has 0 fully saturated rings. The maximum atomic E-state index is 8.69. The maximum absolute atomic E-state index is 8.69. The van der Waals surface area contributed by atoms with E-state index in [-0.39, 0.29) is 5.41 Å². The highest BCUT2D eigenvalue weighted by molar-refractivity contribution is 5.88. The van der Waals surface area contributed by atoms with E-state index in [4.69, 9.17) is 9.94 Å². The highest BCUT2D eigenvalue weighted by Crippen LogP contribution is 2.26. The van der Waals surface area contributed by atoms with Crippen LogP contribution in [0, 0.1) is 5.41 Å². The van der Waals surface area contributed by atoms with Crippen molar-refractivity contribution in [2.45, 2.75) is 46.0 Å². The summed E-state index contributed by atoms with van der Waals surface area (Å²) in [5, 5.41) is 14.6. The molecular weight excluding hydrogens is 386 g/mol. The molecule has 31 heavy (non-hydrogen) atoms. The Labute approximate surface area is 188 Å². The highest BCUT2D eigenvalue weighted by atomic mass is 16.5. The van der Waals surface area contributed by atoms with Gasteiger partial charge in [-0.15, -0.1) is 0 Å². The van der Waals surface area contributed by atoms with Gasteiger partial charge < -0.3 is 20.2 Å². The van der Waals surface area contributed by atoms with Crippen LogP contribution >= 0.6 is 0 Å². The molecule has 0 spiro atoms. The normalized spacial score (nSPS) is 12.5. The van der Waals surface area contributed by atoms with Crippen LogP contribution in [0.1, 0.15) is 46.0 Å². The first kappa shape index (κ1) is 25.2. The van der Waals surface area contributed by atoms with Crippen LogP contribution in [-0.4, -0.2) is 50.4 Å². The molecule has 0 aliphatic heterocycles. The zero-order valence-electron chi connectivity index (χ0n) is 19.8. The number of hydrogen-bond acceptors (Lipinski definition) is 5. The van der Waals surface area contributed by atoms with Crippen molar-refractivity contribution in [2.24, 2.45) is 5.41 Å². The lowest BCUT2D eigenvalue weighted by Crippen LogP contribution is -2.36. The van der Waals surface area contributed by atoms with Gasteiger partial charge in [-0.1, -0.05) is 63.1 Å². The summed E-state index contributed by atoms with van der Waals surface area (Å²) in [6.45, 7) is 7.78. The largest absolute Gasteiger partial charge is 0.489 e. The number of nitrogens with one attached hydrogen (secondary N) is 2. The third kappa shape index (κ3) is 9.72. The molecule has 0 bridgehead atoms. The molecule has 3 N–H and O–H groups in total. The van der Waals surface area contributed by atoms with Crippen LogP contribution in [0.4, 0.5) is 0 Å². The fourth-order valence-corrected chi connectivity index (χ4v) is 3.97. The smallest absolute Gasteiger partial charge is 0.127 e. The number of benzene rings is 2. The predicted octanol–water partition coefficient (Wildman–Crippen LogP) is 5.21. The Kier molecular flexibility index (Phi) is 10.9. The van der Waals surface area contributed by atoms with E-state index in [0.717, 1.165) is 56.3 Å². The second-order valence-corrected chi connectivity index (χ2v) is 9.42. The summed E-state index contributed by atoms with van der Waals surface area (Å²) in [6.07, 6.45) is 7.57. The molecule has 0 heterocycles. The molecule has 5 nitrogen and oxygen atoms in total. The van der Waals surface area contributed by atoms with Gasteiger partial charge in [0.1, 0.15) is 12.4 Å². The molecule has 0 aliphatic rings. The topological polar surface area (TPSA) is 56.8 Å². The van der Waals surface area contributed by atoms with Gasteiger partial charge in [0, 0.05) is 25.0 Å². The number of hydroxylamine groups is 1. The summed E-state index contributed by atoms with van der Waals surface area (Å²) in [5.74, 6) is 0.936. The summed E-state index contributed by atoms with van der Waals surface area (Å²) in [7, 11) is 4.24. The zero-order valence-corrected chi connectivity index (χ0v) is 19.8. The number of fused-ring (bicyclic) bond motifs is 1. The van der Waals surface area contributed by atoms with Crippen molar-refractivity contribution in [3.8, 4) is 5.75 Å². The minimum atomic E-state index is 0.193. The van der Waals surface area contributed by atoms with Crippen LogP contribution in [0.25, 0.3) is 10.8 Å². The van der Waals surface area contributed by atoms with Crippen LogP contribution < -0.4 is 15.5 Å². The van der Waals surface area contributed by atoms with Gasteiger partial charge in [-0.25, -0.2) is 5.48 Å². The SMILES string of the molecule is CN(C)CC(C)(C)CN/C=C(\CCCCCCNO)COc1cccc2ccccc12. The molecule has 0 radical (unpaired) electrons. The molecule has 0 aromatic heterocycles. The molecule has 2 aromatic rings. The minimum Gasteiger partial charge on any atom is -0.489 e. The van der Waals surface area contributed by atoms with Crippen molar-refractivity contribution in [3.63, 3.8) is 0 Å². The Morgan fingerprint density at radius 2 is 1.77 bits per heavy atom. The molecule has 172 valence electrons. The first-order valence-electron chi connectivity index (χ1n) is 11.4. The van der Waals surface area contributed by atoms with E-state index in [1.807, 2.05) is 0 Å². The number of rotatable bonds is 15. The minimum absolute atomic E-state index is 0.193. The summed E-state index contributed by atoms with van der Waals surface area (Å²) in [4.78, 5) is 2.23. The number of nitrogens with zero attached hydrogens (tertiary/aromatic N) is 1. The Balaban J connectivity index is 1.97. The van der Waals surface area contributed by atoms with E-state index in [2.05, 4.69) is 92.3 Å². The molecule has 2 rings (SSSR count). The van der Waals surface area contributed by atoms with Gasteiger partial charge in [0.05, 0.1) is 0 Å². The summed E-state index contributed by atoms with van der Waals surface area (Å²) in [6, 6.07) is 14.6. The van der Waals surface area contributed by atoms with Crippen molar-refractivity contribution >= 4 is 10.8 Å². The van der Waals surface area contributed by atoms with Crippen LogP contribution in [-0.2, 0) is 0 Å². The molecule has 2 aromatic carbocycles. The van der Waals surface area contributed by atoms with E-state index in [1.54, 1.807) is 0 Å². The van der Waals surface area contributed by atoms with Gasteiger partial charge in [0.15, 0.2) is 0 Å². The van der Waals surface area contributed by atoms with Crippen molar-refractivity contribution in [1.82, 2.24) is 15.7 Å². The fraction of sp³-hybridized carbons (Fsp3) is 0.538. The third-order valence-electron chi connectivity index (χ3n) is 5.33. The van der Waals surface area contributed by atoms with Crippen LogP contribution in [0.2, 0.25) is 0 Å². The van der Waals surface area contributed by atoms with Gasteiger partial charge in [0.25, 0.3) is 0 Å². The highest BCUT2D eigenvalue weighted by Gasteiger charge is 2.17. The van der Waals surface area contributed by atoms with E-state index in [0.29, 0.717) is 13.2 Å². The van der Waals surface area contributed by atoms with Gasteiger partial charge in [-0.2, -0.15) is 0 Å². The summed E-state index contributed by atoms with van der Waals surface area (Å²) >= 11 is 0. The number of ether oxygens (including phenoxy) is 1. The molecule has 0 atom stereocenters. The quantitative estimate of drug-likeness (QED) is 0.269. The number of hydrogen-bond donors (Lipinski definition) is 3. The van der Waals surface area contributed by atoms with Gasteiger partial charge in [-0.05, 0) is 62.0 Å². The zero-order chi connectivity index (χ0) is 22.5. The first-order valence-corrected chi connectivity index (χ1v) is 11.4. The lowest BCUT2D eigenvalue weighted by atomic mass is 9.93. The summed E-state index contributed by atoms with van der Waals surface area (Å²) < 4.78 is 6.26. The van der Waals surface area contributed by atoms with Crippen LogP contribution in [0.5, 0.6) is 5.75 Å². The van der Waals surface area contributed by atoms with Crippen LogP contribution in [0.15, 0.2) is 54.2 Å². The van der Waals surface area contributed by atoms with Crippen LogP contribution in [0.3, 0.4) is 0 Å². The second-order valence-electron chi connectivity index (χ2n) is 9.42. The lowest BCUT2D eigenvalue weighted by Gasteiger charge is -2.28. The average Bonchev–Trinajstić information content (AvgIpc) is 2.73. The fourth-order valence-electron chi connectivity index (χ4n) is 3.97. The predicted molar refractivity (Wildman–Crippen MR) is 131 cm³/mol. The molecule has 0 saturated heterocycles. The molecule has 0 aliphatic carbocycles. The monoisotopic (exact) mass is 427 g/mol. The van der Waals surface area contributed by atoms with E-state index in [9.17, 15) is 0 Å². The molecule has 5 heteroatoms. The lowest BCUT2D eigenvalue weighted by molar-refractivity contribution is 0.164. The Morgan fingerprint density at radius 3 is 2.55 bits per heavy atom. The Hall–Kier alpha value is -2.08. The average molecular weight is 428 g/mol. The molecular formula is C26H41N3O2. The molecule has 0 unspecified atom stereocenters. The van der Waals surface area contributed by atoms with Crippen molar-refractivity contribution in [3.05, 3.63) is 54.2 Å². The molecule has 0 amide bonds. The Morgan fingerprint density at radius 1 is 1.03 bits per heavy atom. The maximum Gasteiger partial charge on any atom is 0.127 e. The van der Waals surface area contributed by atoms with E-state index < -0.39 is 0 Å². The van der Waals surface area contributed by atoms with Crippen molar-refractivity contribution in [2.75, 3.05) is 40.3 Å². The Bertz CT molecular complexity index is 797. The standard InChI is InChI=1S/C26H41N3O2/c1-26(2,21-29(3)4)20-27-18-22(12-7-5-6-10-17-28-30)19-31-25-16-11-14-23-13-8-9-15-24(23)25/h8-9,11,13-16,18,27-28,30H,5-7,10,12,17,19-21H2,1-4H3/b22-18+. The second kappa shape index (κ2) is 13.4. The van der Waals surface area contributed by atoms with E-state index >= 15 is 0 Å². The van der Waals surface area contributed by atoms with E-state index in [1.165, 1.54) is 11.0 Å². The number of unbranched alkanes of at least 4 members (excludes halogenated alkanes) is 3. The van der Waals surface area contributed by atoms with Crippen molar-refractivity contribution in [1.29, 1.82) is 0 Å². The molecule has 0 saturated carbocycles. The van der Waals surface area contributed by atoms with Gasteiger partial charge in [-0.3, -0.25) is 0 Å². The van der Waals surface area contributed by atoms with Gasteiger partial charge in [0.2, 0.25) is 0 Å². The summed E-state index contributed by atoms with van der Waals surface area (Å²) in [5.41, 5.74) is 3.71. The third-order valence-corrected chi connectivity index (χ3v) is 5.33.